The zero-order valence-corrected chi connectivity index (χ0v) is 15.4. The Morgan fingerprint density at radius 1 is 1.24 bits per heavy atom. The van der Waals surface area contributed by atoms with Gasteiger partial charge < -0.3 is 10.8 Å². The molecule has 0 aromatic heterocycles. The third kappa shape index (κ3) is 2.54. The van der Waals surface area contributed by atoms with Gasteiger partial charge in [0, 0.05) is 11.1 Å². The van der Waals surface area contributed by atoms with Gasteiger partial charge in [0.1, 0.15) is 0 Å². The van der Waals surface area contributed by atoms with Crippen molar-refractivity contribution in [2.75, 3.05) is 0 Å². The molecule has 0 radical (unpaired) electrons. The Kier molecular flexibility index (Phi) is 3.98. The van der Waals surface area contributed by atoms with Crippen molar-refractivity contribution in [3.8, 4) is 0 Å². The van der Waals surface area contributed by atoms with Gasteiger partial charge in [0.05, 0.1) is 6.10 Å². The van der Waals surface area contributed by atoms with Gasteiger partial charge in [0.25, 0.3) is 0 Å². The number of primary amides is 1. The van der Waals surface area contributed by atoms with Crippen LogP contribution in [0.25, 0.3) is 0 Å². The van der Waals surface area contributed by atoms with Crippen molar-refractivity contribution in [1.82, 2.24) is 5.43 Å². The molecule has 5 nitrogen and oxygen atoms in total. The Morgan fingerprint density at radius 2 is 1.96 bits per heavy atom. The van der Waals surface area contributed by atoms with Gasteiger partial charge >= 0.3 is 6.03 Å². The molecule has 0 heterocycles. The van der Waals surface area contributed by atoms with E-state index in [1.807, 2.05) is 0 Å². The van der Waals surface area contributed by atoms with Crippen molar-refractivity contribution in [2.24, 2.45) is 39.4 Å². The lowest BCUT2D eigenvalue weighted by Gasteiger charge is -2.57. The monoisotopic (exact) mass is 345 g/mol. The number of fused-ring (bicyclic) bond motifs is 5. The summed E-state index contributed by atoms with van der Waals surface area (Å²) < 4.78 is 0. The van der Waals surface area contributed by atoms with E-state index in [1.54, 1.807) is 0 Å². The molecule has 0 spiro atoms. The second kappa shape index (κ2) is 5.83. The maximum absolute atomic E-state index is 11.1. The molecular formula is C20H31N3O2. The molecule has 4 aliphatic carbocycles. The molecule has 6 atom stereocenters. The number of allylic oxidation sites excluding steroid dienone is 1. The van der Waals surface area contributed by atoms with Crippen LogP contribution < -0.4 is 11.2 Å². The highest BCUT2D eigenvalue weighted by atomic mass is 16.3. The fourth-order valence-electron chi connectivity index (χ4n) is 6.74. The van der Waals surface area contributed by atoms with Crippen LogP contribution in [0.1, 0.15) is 65.2 Å². The highest BCUT2D eigenvalue weighted by Gasteiger charge is 2.57. The zero-order chi connectivity index (χ0) is 17.8. The lowest BCUT2D eigenvalue weighted by atomic mass is 9.48. The maximum atomic E-state index is 11.1. The number of hydrogen-bond donors (Lipinski definition) is 3. The summed E-state index contributed by atoms with van der Waals surface area (Å²) in [6, 6.07) is -0.577. The van der Waals surface area contributed by atoms with Gasteiger partial charge in [0.15, 0.2) is 0 Å². The van der Waals surface area contributed by atoms with Crippen molar-refractivity contribution in [3.63, 3.8) is 0 Å². The minimum Gasteiger partial charge on any atom is -0.393 e. The normalized spacial score (nSPS) is 47.5. The summed E-state index contributed by atoms with van der Waals surface area (Å²) in [5, 5.41) is 14.5. The Hall–Kier alpha value is -1.36. The average molecular weight is 345 g/mol. The van der Waals surface area contributed by atoms with Gasteiger partial charge in [-0.3, -0.25) is 0 Å². The highest BCUT2D eigenvalue weighted by Crippen LogP contribution is 2.64. The molecule has 0 aliphatic heterocycles. The predicted octanol–water partition coefficient (Wildman–Crippen LogP) is 3.33. The first kappa shape index (κ1) is 17.1. The van der Waals surface area contributed by atoms with Crippen LogP contribution in [0.4, 0.5) is 4.79 Å². The van der Waals surface area contributed by atoms with E-state index in [0.717, 1.165) is 50.2 Å². The number of carbonyl (C=O) groups excluding carboxylic acids is 1. The van der Waals surface area contributed by atoms with Crippen LogP contribution in [0.15, 0.2) is 16.8 Å². The van der Waals surface area contributed by atoms with Gasteiger partial charge in [0.2, 0.25) is 0 Å². The largest absolute Gasteiger partial charge is 0.393 e. The smallest absolute Gasteiger partial charge is 0.332 e. The number of aliphatic hydroxyl groups is 1. The molecule has 0 unspecified atom stereocenters. The number of amides is 2. The number of hydrogen-bond acceptors (Lipinski definition) is 3. The Balaban J connectivity index is 1.62. The fourth-order valence-corrected chi connectivity index (χ4v) is 6.74. The second-order valence-corrected chi connectivity index (χ2v) is 9.19. The van der Waals surface area contributed by atoms with E-state index in [2.05, 4.69) is 30.5 Å². The van der Waals surface area contributed by atoms with Crippen molar-refractivity contribution < 1.29 is 9.90 Å². The number of rotatable bonds is 1. The fraction of sp³-hybridized carbons (Fsp3) is 0.800. The molecule has 0 saturated heterocycles. The van der Waals surface area contributed by atoms with Gasteiger partial charge in [-0.25, -0.2) is 10.2 Å². The number of aliphatic hydroxyl groups excluding tert-OH is 1. The SMILES string of the molecule is C[C@]12CC[C@H](O)CC1=CC[C@H]1[C@@H]2CC[C@]2(C)/C(=N\NC(N)=O)CC[C@@H]12. The van der Waals surface area contributed by atoms with Crippen LogP contribution in [-0.2, 0) is 0 Å². The number of nitrogens with two attached hydrogens (primary N) is 1. The summed E-state index contributed by atoms with van der Waals surface area (Å²) in [7, 11) is 0. The molecule has 2 amide bonds. The Morgan fingerprint density at radius 3 is 2.72 bits per heavy atom. The van der Waals surface area contributed by atoms with E-state index in [0.29, 0.717) is 11.8 Å². The molecule has 25 heavy (non-hydrogen) atoms. The lowest BCUT2D eigenvalue weighted by molar-refractivity contribution is -0.0209. The third-order valence-corrected chi connectivity index (χ3v) is 8.12. The quantitative estimate of drug-likeness (QED) is 0.503. The summed E-state index contributed by atoms with van der Waals surface area (Å²) in [6.07, 6.45) is 10.9. The highest BCUT2D eigenvalue weighted by molar-refractivity contribution is 5.93. The molecule has 3 fully saturated rings. The first-order valence-electron chi connectivity index (χ1n) is 9.84. The molecular weight excluding hydrogens is 314 g/mol. The van der Waals surface area contributed by atoms with Crippen LogP contribution in [0.3, 0.4) is 0 Å². The summed E-state index contributed by atoms with van der Waals surface area (Å²) in [5.74, 6) is 2.06. The molecule has 138 valence electrons. The minimum absolute atomic E-state index is 0.0967. The van der Waals surface area contributed by atoms with E-state index in [4.69, 9.17) is 5.73 Å². The first-order chi connectivity index (χ1) is 11.8. The van der Waals surface area contributed by atoms with Crippen molar-refractivity contribution in [3.05, 3.63) is 11.6 Å². The molecule has 3 saturated carbocycles. The van der Waals surface area contributed by atoms with Crippen molar-refractivity contribution in [2.45, 2.75) is 71.3 Å². The van der Waals surface area contributed by atoms with Crippen LogP contribution in [0, 0.1) is 28.6 Å². The Labute approximate surface area is 150 Å². The number of urea groups is 1. The molecule has 4 aliphatic rings. The van der Waals surface area contributed by atoms with E-state index in [-0.39, 0.29) is 16.9 Å². The van der Waals surface area contributed by atoms with Crippen molar-refractivity contribution >= 4 is 11.7 Å². The van der Waals surface area contributed by atoms with Crippen LogP contribution >= 0.6 is 0 Å². The summed E-state index contributed by atoms with van der Waals surface area (Å²) in [4.78, 5) is 11.1. The maximum Gasteiger partial charge on any atom is 0.332 e. The van der Waals surface area contributed by atoms with Gasteiger partial charge in [-0.1, -0.05) is 25.5 Å². The molecule has 0 aromatic carbocycles. The van der Waals surface area contributed by atoms with E-state index < -0.39 is 6.03 Å². The zero-order valence-electron chi connectivity index (χ0n) is 15.4. The third-order valence-electron chi connectivity index (χ3n) is 8.12. The lowest BCUT2D eigenvalue weighted by Crippen LogP contribution is -2.50. The topological polar surface area (TPSA) is 87.7 Å². The van der Waals surface area contributed by atoms with Crippen LogP contribution in [-0.4, -0.2) is 23.0 Å². The summed E-state index contributed by atoms with van der Waals surface area (Å²) >= 11 is 0. The number of nitrogens with zero attached hydrogens (tertiary/aromatic N) is 1. The number of hydrazone groups is 1. The van der Waals surface area contributed by atoms with E-state index in [1.165, 1.54) is 18.4 Å². The number of nitrogens with one attached hydrogen (secondary N) is 1. The van der Waals surface area contributed by atoms with Gasteiger partial charge in [-0.15, -0.1) is 0 Å². The molecule has 0 bridgehead atoms. The predicted molar refractivity (Wildman–Crippen MR) is 97.9 cm³/mol. The van der Waals surface area contributed by atoms with Crippen LogP contribution in [0.2, 0.25) is 0 Å². The average Bonchev–Trinajstić information content (AvgIpc) is 2.90. The molecule has 4 N–H and O–H groups in total. The van der Waals surface area contributed by atoms with Gasteiger partial charge in [-0.2, -0.15) is 5.10 Å². The van der Waals surface area contributed by atoms with Crippen LogP contribution in [0.5, 0.6) is 0 Å². The first-order valence-corrected chi connectivity index (χ1v) is 9.84. The second-order valence-electron chi connectivity index (χ2n) is 9.19. The number of carbonyl (C=O) groups is 1. The Bertz CT molecular complexity index is 643. The minimum atomic E-state index is -0.577. The van der Waals surface area contributed by atoms with E-state index >= 15 is 0 Å². The summed E-state index contributed by atoms with van der Waals surface area (Å²) in [5.41, 5.74) is 10.7. The molecule has 4 rings (SSSR count). The molecule has 0 aromatic rings. The standard InChI is InChI=1S/C20H31N3O2/c1-19-9-7-13(24)11-12(19)3-4-14-15-5-6-17(22-23-18(21)25)20(15,2)10-8-16(14)19/h3,13-16,24H,4-11H2,1-2H3,(H3,21,23,25)/b22-17-/t13-,14+,15-,16-,19-,20-/m0/s1. The summed E-state index contributed by atoms with van der Waals surface area (Å²) in [6.45, 7) is 4.79. The van der Waals surface area contributed by atoms with Crippen molar-refractivity contribution in [1.29, 1.82) is 0 Å². The molecule has 5 heteroatoms. The van der Waals surface area contributed by atoms with E-state index in [9.17, 15) is 9.90 Å². The van der Waals surface area contributed by atoms with Gasteiger partial charge in [-0.05, 0) is 74.5 Å².